The number of carbonyl (C=O) groups is 2. The molecule has 0 aliphatic rings. The van der Waals surface area contributed by atoms with E-state index in [4.69, 9.17) is 4.42 Å². The molecule has 2 rings (SSSR count). The van der Waals surface area contributed by atoms with Crippen LogP contribution in [0.3, 0.4) is 0 Å². The van der Waals surface area contributed by atoms with E-state index in [1.54, 1.807) is 31.2 Å². The molecule has 0 unspecified atom stereocenters. The predicted molar refractivity (Wildman–Crippen MR) is 92.9 cm³/mol. The van der Waals surface area contributed by atoms with E-state index in [1.807, 2.05) is 12.1 Å². The summed E-state index contributed by atoms with van der Waals surface area (Å²) < 4.78 is 5.26. The molecule has 0 bridgehead atoms. The monoisotopic (exact) mass is 327 g/mol. The highest BCUT2D eigenvalue weighted by Gasteiger charge is 2.12. The van der Waals surface area contributed by atoms with Gasteiger partial charge in [0.15, 0.2) is 0 Å². The van der Waals surface area contributed by atoms with Gasteiger partial charge in [-0.1, -0.05) is 25.5 Å². The molecule has 2 N–H and O–H groups in total. The second-order valence-corrected chi connectivity index (χ2v) is 5.40. The van der Waals surface area contributed by atoms with Gasteiger partial charge in [0.1, 0.15) is 11.5 Å². The molecule has 6 nitrogen and oxygen atoms in total. The molecule has 1 aromatic carbocycles. The number of carbonyl (C=O) groups excluding carboxylic acids is 2. The molecule has 2 amide bonds. The molecule has 0 saturated carbocycles. The summed E-state index contributed by atoms with van der Waals surface area (Å²) in [4.78, 5) is 23.5. The van der Waals surface area contributed by atoms with Gasteiger partial charge in [0.2, 0.25) is 0 Å². The molecule has 0 aliphatic carbocycles. The molecule has 24 heavy (non-hydrogen) atoms. The molecule has 0 saturated heterocycles. The number of nitrogens with one attached hydrogen (secondary N) is 2. The highest BCUT2D eigenvalue weighted by Crippen LogP contribution is 2.11. The van der Waals surface area contributed by atoms with Crippen LogP contribution in [0, 0.1) is 6.92 Å². The quantitative estimate of drug-likeness (QED) is 0.486. The zero-order valence-electron chi connectivity index (χ0n) is 13.8. The van der Waals surface area contributed by atoms with E-state index in [0.717, 1.165) is 25.0 Å². The largest absolute Gasteiger partial charge is 0.460 e. The zero-order valence-corrected chi connectivity index (χ0v) is 13.8. The lowest BCUT2D eigenvalue weighted by molar-refractivity contribution is -0.136. The van der Waals surface area contributed by atoms with Crippen molar-refractivity contribution in [3.05, 3.63) is 53.5 Å². The van der Waals surface area contributed by atoms with E-state index in [2.05, 4.69) is 22.8 Å². The van der Waals surface area contributed by atoms with E-state index < -0.39 is 11.8 Å². The highest BCUT2D eigenvalue weighted by molar-refractivity contribution is 6.39. The van der Waals surface area contributed by atoms with Crippen LogP contribution in [0.25, 0.3) is 0 Å². The van der Waals surface area contributed by atoms with Gasteiger partial charge in [0, 0.05) is 5.69 Å². The zero-order chi connectivity index (χ0) is 17.4. The van der Waals surface area contributed by atoms with Crippen LogP contribution >= 0.6 is 0 Å². The first-order chi connectivity index (χ1) is 11.6. The number of benzene rings is 1. The van der Waals surface area contributed by atoms with Gasteiger partial charge in [0.25, 0.3) is 0 Å². The predicted octanol–water partition coefficient (Wildman–Crippen LogP) is 3.02. The topological polar surface area (TPSA) is 83.7 Å². The van der Waals surface area contributed by atoms with Gasteiger partial charge in [-0.15, -0.1) is 0 Å². The SMILES string of the molecule is CCCCc1ccc(NC(=O)C(=O)NN=Cc2ccc(C)o2)cc1. The molecule has 0 spiro atoms. The Balaban J connectivity index is 1.82. The molecule has 126 valence electrons. The summed E-state index contributed by atoms with van der Waals surface area (Å²) in [6.07, 6.45) is 4.60. The number of hydrogen-bond acceptors (Lipinski definition) is 4. The summed E-state index contributed by atoms with van der Waals surface area (Å²) in [5.41, 5.74) is 3.93. The Kier molecular flexibility index (Phi) is 6.31. The third-order valence-corrected chi connectivity index (χ3v) is 3.36. The van der Waals surface area contributed by atoms with Gasteiger partial charge in [-0.3, -0.25) is 9.59 Å². The summed E-state index contributed by atoms with van der Waals surface area (Å²) in [6.45, 7) is 3.94. The van der Waals surface area contributed by atoms with Gasteiger partial charge < -0.3 is 9.73 Å². The fraction of sp³-hybridized carbons (Fsp3) is 0.278. The third kappa shape index (κ3) is 5.39. The van der Waals surface area contributed by atoms with Crippen molar-refractivity contribution in [3.8, 4) is 0 Å². The fourth-order valence-corrected chi connectivity index (χ4v) is 2.05. The summed E-state index contributed by atoms with van der Waals surface area (Å²) in [7, 11) is 0. The molecular formula is C18H21N3O3. The smallest absolute Gasteiger partial charge is 0.329 e. The number of hydrazone groups is 1. The molecule has 0 aliphatic heterocycles. The summed E-state index contributed by atoms with van der Waals surface area (Å²) in [6, 6.07) is 10.9. The standard InChI is InChI=1S/C18H21N3O3/c1-3-4-5-14-7-9-15(10-8-14)20-17(22)18(23)21-19-12-16-11-6-13(2)24-16/h6-12H,3-5H2,1-2H3,(H,20,22)(H,21,23). The van der Waals surface area contributed by atoms with Crippen LogP contribution in [-0.2, 0) is 16.0 Å². The minimum atomic E-state index is -0.843. The molecule has 2 aromatic rings. The highest BCUT2D eigenvalue weighted by atomic mass is 16.3. The van der Waals surface area contributed by atoms with Crippen LogP contribution in [0.2, 0.25) is 0 Å². The lowest BCUT2D eigenvalue weighted by atomic mass is 10.1. The molecule has 0 fully saturated rings. The van der Waals surface area contributed by atoms with Gasteiger partial charge in [-0.2, -0.15) is 5.10 Å². The van der Waals surface area contributed by atoms with Crippen molar-refractivity contribution in [2.24, 2.45) is 5.10 Å². The number of amides is 2. The van der Waals surface area contributed by atoms with Gasteiger partial charge >= 0.3 is 11.8 Å². The van der Waals surface area contributed by atoms with Crippen LogP contribution in [0.15, 0.2) is 45.9 Å². The second kappa shape index (κ2) is 8.67. The summed E-state index contributed by atoms with van der Waals surface area (Å²) in [5.74, 6) is -0.382. The Morgan fingerprint density at radius 2 is 1.88 bits per heavy atom. The second-order valence-electron chi connectivity index (χ2n) is 5.40. The van der Waals surface area contributed by atoms with Gasteiger partial charge in [0.05, 0.1) is 6.21 Å². The Hall–Kier alpha value is -2.89. The van der Waals surface area contributed by atoms with Crippen molar-refractivity contribution in [2.75, 3.05) is 5.32 Å². The summed E-state index contributed by atoms with van der Waals surface area (Å²) >= 11 is 0. The van der Waals surface area contributed by atoms with Crippen LogP contribution in [0.1, 0.15) is 36.8 Å². The van der Waals surface area contributed by atoms with E-state index in [0.29, 0.717) is 11.4 Å². The number of anilines is 1. The van der Waals surface area contributed by atoms with Crippen molar-refractivity contribution in [2.45, 2.75) is 33.1 Å². The van der Waals surface area contributed by atoms with Crippen molar-refractivity contribution in [3.63, 3.8) is 0 Å². The van der Waals surface area contributed by atoms with Crippen molar-refractivity contribution < 1.29 is 14.0 Å². The first-order valence-corrected chi connectivity index (χ1v) is 7.88. The molecular weight excluding hydrogens is 306 g/mol. The molecule has 0 radical (unpaired) electrons. The first kappa shape index (κ1) is 17.5. The molecule has 6 heteroatoms. The lowest BCUT2D eigenvalue weighted by Gasteiger charge is -2.05. The molecule has 0 atom stereocenters. The minimum absolute atomic E-state index is 0.496. The number of rotatable bonds is 6. The Labute approximate surface area is 140 Å². The van der Waals surface area contributed by atoms with Crippen LogP contribution in [0.5, 0.6) is 0 Å². The van der Waals surface area contributed by atoms with Crippen LogP contribution in [0.4, 0.5) is 5.69 Å². The first-order valence-electron chi connectivity index (χ1n) is 7.88. The van der Waals surface area contributed by atoms with E-state index in [1.165, 1.54) is 11.8 Å². The summed E-state index contributed by atoms with van der Waals surface area (Å²) in [5, 5.41) is 6.22. The average Bonchev–Trinajstić information content (AvgIpc) is 2.99. The van der Waals surface area contributed by atoms with Gasteiger partial charge in [-0.25, -0.2) is 5.43 Å². The van der Waals surface area contributed by atoms with Crippen LogP contribution < -0.4 is 10.7 Å². The average molecular weight is 327 g/mol. The number of aryl methyl sites for hydroxylation is 2. The van der Waals surface area contributed by atoms with E-state index in [9.17, 15) is 9.59 Å². The fourth-order valence-electron chi connectivity index (χ4n) is 2.05. The van der Waals surface area contributed by atoms with Gasteiger partial charge in [-0.05, 0) is 49.6 Å². The maximum absolute atomic E-state index is 11.8. The Bertz CT molecular complexity index is 717. The molecule has 1 heterocycles. The third-order valence-electron chi connectivity index (χ3n) is 3.36. The Morgan fingerprint density at radius 1 is 1.12 bits per heavy atom. The maximum atomic E-state index is 11.8. The molecule has 1 aromatic heterocycles. The van der Waals surface area contributed by atoms with E-state index >= 15 is 0 Å². The maximum Gasteiger partial charge on any atom is 0.329 e. The number of furan rings is 1. The van der Waals surface area contributed by atoms with Crippen LogP contribution in [-0.4, -0.2) is 18.0 Å². The normalized spacial score (nSPS) is 10.8. The minimum Gasteiger partial charge on any atom is -0.460 e. The number of hydrogen-bond donors (Lipinski definition) is 2. The Morgan fingerprint density at radius 3 is 2.50 bits per heavy atom. The number of unbranched alkanes of at least 4 members (excludes halogenated alkanes) is 1. The van der Waals surface area contributed by atoms with E-state index in [-0.39, 0.29) is 0 Å². The lowest BCUT2D eigenvalue weighted by Crippen LogP contribution is -2.32. The van der Waals surface area contributed by atoms with Crippen molar-refractivity contribution >= 4 is 23.7 Å². The number of nitrogens with zero attached hydrogens (tertiary/aromatic N) is 1. The van der Waals surface area contributed by atoms with Crippen molar-refractivity contribution in [1.82, 2.24) is 5.43 Å². The van der Waals surface area contributed by atoms with Crippen molar-refractivity contribution in [1.29, 1.82) is 0 Å².